The van der Waals surface area contributed by atoms with Crippen LogP contribution in [0.25, 0.3) is 0 Å². The highest BCUT2D eigenvalue weighted by molar-refractivity contribution is 8.00. The molecule has 1 heterocycles. The van der Waals surface area contributed by atoms with E-state index in [-0.39, 0.29) is 12.5 Å². The SMILES string of the molecule is CC1CCCN(C(=O)CSC(C)CCO)C1. The molecule has 2 atom stereocenters. The van der Waals surface area contributed by atoms with Crippen LogP contribution in [0.1, 0.15) is 33.1 Å². The normalized spacial score (nSPS) is 23.2. The van der Waals surface area contributed by atoms with Crippen molar-refractivity contribution in [3.05, 3.63) is 0 Å². The molecule has 1 saturated heterocycles. The second-order valence-corrected chi connectivity index (χ2v) is 6.15. The Kier molecular flexibility index (Phi) is 6.21. The van der Waals surface area contributed by atoms with Crippen molar-refractivity contribution < 1.29 is 9.90 Å². The summed E-state index contributed by atoms with van der Waals surface area (Å²) in [5.41, 5.74) is 0. The second kappa shape index (κ2) is 7.17. The van der Waals surface area contributed by atoms with Crippen LogP contribution in [0.15, 0.2) is 0 Å². The monoisotopic (exact) mass is 245 g/mol. The van der Waals surface area contributed by atoms with Crippen LogP contribution in [-0.4, -0.2) is 46.6 Å². The molecule has 1 rings (SSSR count). The molecule has 3 nitrogen and oxygen atoms in total. The molecule has 1 aliphatic heterocycles. The molecular formula is C12H23NO2S. The molecular weight excluding hydrogens is 222 g/mol. The Balaban J connectivity index is 2.23. The number of aliphatic hydroxyl groups is 1. The molecule has 0 bridgehead atoms. The Morgan fingerprint density at radius 1 is 1.62 bits per heavy atom. The predicted molar refractivity (Wildman–Crippen MR) is 68.6 cm³/mol. The molecule has 16 heavy (non-hydrogen) atoms. The average Bonchev–Trinajstić information content (AvgIpc) is 2.26. The first-order valence-corrected chi connectivity index (χ1v) is 7.18. The van der Waals surface area contributed by atoms with E-state index in [2.05, 4.69) is 13.8 Å². The first-order valence-electron chi connectivity index (χ1n) is 6.13. The van der Waals surface area contributed by atoms with Gasteiger partial charge in [-0.25, -0.2) is 0 Å². The van der Waals surface area contributed by atoms with E-state index in [0.29, 0.717) is 16.9 Å². The van der Waals surface area contributed by atoms with Gasteiger partial charge in [0.05, 0.1) is 5.75 Å². The van der Waals surface area contributed by atoms with E-state index in [9.17, 15) is 4.79 Å². The first-order chi connectivity index (χ1) is 7.63. The third-order valence-corrected chi connectivity index (χ3v) is 4.26. The smallest absolute Gasteiger partial charge is 0.232 e. The van der Waals surface area contributed by atoms with Gasteiger partial charge in [0.15, 0.2) is 0 Å². The Hall–Kier alpha value is -0.220. The number of carbonyl (C=O) groups excluding carboxylic acids is 1. The zero-order valence-electron chi connectivity index (χ0n) is 10.3. The van der Waals surface area contributed by atoms with Gasteiger partial charge < -0.3 is 10.0 Å². The third kappa shape index (κ3) is 4.74. The summed E-state index contributed by atoms with van der Waals surface area (Å²) in [6.07, 6.45) is 3.16. The number of piperidine rings is 1. The van der Waals surface area contributed by atoms with E-state index in [1.807, 2.05) is 4.90 Å². The number of hydrogen-bond acceptors (Lipinski definition) is 3. The second-order valence-electron chi connectivity index (χ2n) is 4.72. The highest BCUT2D eigenvalue weighted by atomic mass is 32.2. The fourth-order valence-corrected chi connectivity index (χ4v) is 2.87. The standard InChI is InChI=1S/C12H23NO2S/c1-10-4-3-6-13(8-10)12(15)9-16-11(2)5-7-14/h10-11,14H,3-9H2,1-2H3. The van der Waals surface area contributed by atoms with Crippen molar-refractivity contribution in [1.82, 2.24) is 4.90 Å². The highest BCUT2D eigenvalue weighted by Gasteiger charge is 2.21. The van der Waals surface area contributed by atoms with E-state index >= 15 is 0 Å². The lowest BCUT2D eigenvalue weighted by molar-refractivity contribution is -0.130. The Morgan fingerprint density at radius 2 is 2.38 bits per heavy atom. The van der Waals surface area contributed by atoms with E-state index < -0.39 is 0 Å². The molecule has 1 amide bonds. The number of thioether (sulfide) groups is 1. The summed E-state index contributed by atoms with van der Waals surface area (Å²) in [6, 6.07) is 0. The van der Waals surface area contributed by atoms with Gasteiger partial charge in [-0.15, -0.1) is 11.8 Å². The van der Waals surface area contributed by atoms with E-state index in [1.165, 1.54) is 6.42 Å². The third-order valence-electron chi connectivity index (χ3n) is 3.04. The number of likely N-dealkylation sites (tertiary alicyclic amines) is 1. The van der Waals surface area contributed by atoms with Crippen molar-refractivity contribution in [3.8, 4) is 0 Å². The van der Waals surface area contributed by atoms with Crippen LogP contribution in [0.3, 0.4) is 0 Å². The highest BCUT2D eigenvalue weighted by Crippen LogP contribution is 2.18. The molecule has 2 unspecified atom stereocenters. The molecule has 1 N–H and O–H groups in total. The van der Waals surface area contributed by atoms with E-state index in [1.54, 1.807) is 11.8 Å². The number of nitrogens with zero attached hydrogens (tertiary/aromatic N) is 1. The first kappa shape index (κ1) is 13.8. The van der Waals surface area contributed by atoms with Crippen molar-refractivity contribution in [2.75, 3.05) is 25.4 Å². The lowest BCUT2D eigenvalue weighted by atomic mass is 10.0. The summed E-state index contributed by atoms with van der Waals surface area (Å²) in [5, 5.41) is 9.15. The fraction of sp³-hybridized carbons (Fsp3) is 0.917. The topological polar surface area (TPSA) is 40.5 Å². The van der Waals surface area contributed by atoms with Gasteiger partial charge in [-0.05, 0) is 25.2 Å². The Morgan fingerprint density at radius 3 is 3.00 bits per heavy atom. The summed E-state index contributed by atoms with van der Waals surface area (Å²) in [6.45, 7) is 6.34. The zero-order valence-corrected chi connectivity index (χ0v) is 11.1. The van der Waals surface area contributed by atoms with Crippen LogP contribution in [0.5, 0.6) is 0 Å². The maximum Gasteiger partial charge on any atom is 0.232 e. The molecule has 1 aliphatic rings. The summed E-state index contributed by atoms with van der Waals surface area (Å²) in [4.78, 5) is 13.9. The van der Waals surface area contributed by atoms with Crippen molar-refractivity contribution in [2.24, 2.45) is 5.92 Å². The maximum absolute atomic E-state index is 11.9. The minimum atomic E-state index is 0.211. The molecule has 94 valence electrons. The van der Waals surface area contributed by atoms with Gasteiger partial charge in [-0.1, -0.05) is 13.8 Å². The quantitative estimate of drug-likeness (QED) is 0.802. The lowest BCUT2D eigenvalue weighted by Crippen LogP contribution is -2.40. The number of aliphatic hydroxyl groups excluding tert-OH is 1. The lowest BCUT2D eigenvalue weighted by Gasteiger charge is -2.31. The van der Waals surface area contributed by atoms with Crippen LogP contribution < -0.4 is 0 Å². The van der Waals surface area contributed by atoms with E-state index in [0.717, 1.165) is 25.9 Å². The molecule has 0 saturated carbocycles. The minimum absolute atomic E-state index is 0.211. The molecule has 1 fully saturated rings. The fourth-order valence-electron chi connectivity index (χ4n) is 1.99. The van der Waals surface area contributed by atoms with Crippen LogP contribution in [0.4, 0.5) is 0 Å². The Labute approximate surface area is 103 Å². The minimum Gasteiger partial charge on any atom is -0.396 e. The van der Waals surface area contributed by atoms with Crippen LogP contribution in [-0.2, 0) is 4.79 Å². The van der Waals surface area contributed by atoms with Crippen molar-refractivity contribution in [3.63, 3.8) is 0 Å². The number of hydrogen-bond donors (Lipinski definition) is 1. The summed E-state index contributed by atoms with van der Waals surface area (Å²) < 4.78 is 0. The van der Waals surface area contributed by atoms with Gasteiger partial charge in [-0.3, -0.25) is 4.79 Å². The zero-order chi connectivity index (χ0) is 12.0. The van der Waals surface area contributed by atoms with Crippen molar-refractivity contribution in [1.29, 1.82) is 0 Å². The van der Waals surface area contributed by atoms with Gasteiger partial charge in [0.2, 0.25) is 5.91 Å². The van der Waals surface area contributed by atoms with E-state index in [4.69, 9.17) is 5.11 Å². The summed E-state index contributed by atoms with van der Waals surface area (Å²) >= 11 is 1.65. The average molecular weight is 245 g/mol. The van der Waals surface area contributed by atoms with Gasteiger partial charge in [0, 0.05) is 24.9 Å². The van der Waals surface area contributed by atoms with Gasteiger partial charge in [0.1, 0.15) is 0 Å². The van der Waals surface area contributed by atoms with Gasteiger partial charge >= 0.3 is 0 Å². The summed E-state index contributed by atoms with van der Waals surface area (Å²) in [5.74, 6) is 1.48. The van der Waals surface area contributed by atoms with Crippen LogP contribution in [0.2, 0.25) is 0 Å². The molecule has 0 aromatic rings. The number of rotatable bonds is 5. The largest absolute Gasteiger partial charge is 0.396 e. The molecule has 0 spiro atoms. The van der Waals surface area contributed by atoms with Crippen LogP contribution in [0, 0.1) is 5.92 Å². The van der Waals surface area contributed by atoms with Gasteiger partial charge in [0.25, 0.3) is 0 Å². The van der Waals surface area contributed by atoms with Crippen molar-refractivity contribution >= 4 is 17.7 Å². The maximum atomic E-state index is 11.9. The number of carbonyl (C=O) groups is 1. The number of amides is 1. The Bertz CT molecular complexity index is 223. The van der Waals surface area contributed by atoms with Crippen LogP contribution >= 0.6 is 11.8 Å². The molecule has 0 radical (unpaired) electrons. The molecule has 0 aromatic heterocycles. The molecule has 0 aliphatic carbocycles. The van der Waals surface area contributed by atoms with Crippen molar-refractivity contribution in [2.45, 2.75) is 38.4 Å². The molecule has 4 heteroatoms. The molecule has 0 aromatic carbocycles. The van der Waals surface area contributed by atoms with Gasteiger partial charge in [-0.2, -0.15) is 0 Å². The predicted octanol–water partition coefficient (Wildman–Crippen LogP) is 1.75. The summed E-state index contributed by atoms with van der Waals surface area (Å²) in [7, 11) is 0.